The lowest BCUT2D eigenvalue weighted by molar-refractivity contribution is -0.119. The number of aryl methyl sites for hydroxylation is 1. The Morgan fingerprint density at radius 2 is 1.72 bits per heavy atom. The fourth-order valence-electron chi connectivity index (χ4n) is 5.99. The van der Waals surface area contributed by atoms with Gasteiger partial charge in [0.15, 0.2) is 5.82 Å². The van der Waals surface area contributed by atoms with E-state index in [1.54, 1.807) is 24.8 Å². The van der Waals surface area contributed by atoms with Gasteiger partial charge in [0.05, 0.1) is 44.1 Å². The molecule has 6 rings (SSSR count). The minimum Gasteiger partial charge on any atom is -0.467 e. The van der Waals surface area contributed by atoms with Crippen LogP contribution in [0.2, 0.25) is 0 Å². The summed E-state index contributed by atoms with van der Waals surface area (Å²) in [6.45, 7) is 9.60. The number of aromatic nitrogens is 6. The van der Waals surface area contributed by atoms with Gasteiger partial charge in [-0.2, -0.15) is 0 Å². The molecule has 2 aliphatic rings. The van der Waals surface area contributed by atoms with Crippen LogP contribution in [-0.2, 0) is 27.8 Å². The van der Waals surface area contributed by atoms with Crippen molar-refractivity contribution in [2.45, 2.75) is 64.3 Å². The van der Waals surface area contributed by atoms with Crippen molar-refractivity contribution in [2.24, 2.45) is 5.92 Å². The molecule has 3 aromatic heterocycles. The molecular weight excluding hydrogens is 594 g/mol. The van der Waals surface area contributed by atoms with E-state index in [9.17, 15) is 4.79 Å². The predicted octanol–water partition coefficient (Wildman–Crippen LogP) is 4.68. The summed E-state index contributed by atoms with van der Waals surface area (Å²) < 4.78 is 10.5. The first-order valence-corrected chi connectivity index (χ1v) is 16.3. The molecule has 0 spiro atoms. The molecule has 2 fully saturated rings. The molecular formula is C35H43N9O3. The minimum atomic E-state index is -0.0448. The van der Waals surface area contributed by atoms with Gasteiger partial charge in [0.1, 0.15) is 0 Å². The van der Waals surface area contributed by atoms with Crippen LogP contribution < -0.4 is 15.1 Å². The molecule has 246 valence electrons. The lowest BCUT2D eigenvalue weighted by Crippen LogP contribution is -2.49. The van der Waals surface area contributed by atoms with E-state index in [2.05, 4.69) is 63.3 Å². The Labute approximate surface area is 276 Å². The molecule has 0 aliphatic carbocycles. The summed E-state index contributed by atoms with van der Waals surface area (Å²) >= 11 is 0. The molecule has 12 nitrogen and oxygen atoms in total. The summed E-state index contributed by atoms with van der Waals surface area (Å²) in [6.07, 6.45) is 12.0. The molecule has 2 saturated heterocycles. The van der Waals surface area contributed by atoms with E-state index < -0.39 is 0 Å². The molecule has 0 bridgehead atoms. The fraction of sp³-hybridized carbons (Fsp3) is 0.457. The Kier molecular flexibility index (Phi) is 9.98. The summed E-state index contributed by atoms with van der Waals surface area (Å²) in [5.74, 6) is 1.67. The summed E-state index contributed by atoms with van der Waals surface area (Å²) in [5.41, 5.74) is 8.11. The first kappa shape index (κ1) is 32.4. The lowest BCUT2D eigenvalue weighted by Gasteiger charge is -2.38. The van der Waals surface area contributed by atoms with Crippen molar-refractivity contribution in [3.63, 3.8) is 0 Å². The molecule has 2 aliphatic heterocycles. The zero-order valence-electron chi connectivity index (χ0n) is 27.6. The van der Waals surface area contributed by atoms with Gasteiger partial charge in [0.25, 0.3) is 0 Å². The number of rotatable bonds is 11. The molecule has 47 heavy (non-hydrogen) atoms. The SMILES string of the molecule is COc1ncc(-c2cnc(N(C(=O)CCc3ccccc3)C3CCN(Nc4ncc(C(C)(C)C)c(CC5COC5)n4)CC3)cn2)cn1. The van der Waals surface area contributed by atoms with Gasteiger partial charge in [-0.3, -0.25) is 20.1 Å². The van der Waals surface area contributed by atoms with Crippen molar-refractivity contribution < 1.29 is 14.3 Å². The third kappa shape index (κ3) is 8.06. The number of methoxy groups -OCH3 is 1. The van der Waals surface area contributed by atoms with Crippen molar-refractivity contribution in [1.82, 2.24) is 34.9 Å². The quantitative estimate of drug-likeness (QED) is 0.246. The van der Waals surface area contributed by atoms with Crippen molar-refractivity contribution in [3.05, 3.63) is 78.1 Å². The third-order valence-electron chi connectivity index (χ3n) is 8.68. The van der Waals surface area contributed by atoms with Crippen LogP contribution in [0, 0.1) is 5.92 Å². The average molecular weight is 638 g/mol. The number of ether oxygens (including phenoxy) is 2. The normalized spacial score (nSPS) is 16.0. The summed E-state index contributed by atoms with van der Waals surface area (Å²) in [7, 11) is 1.52. The van der Waals surface area contributed by atoms with E-state index in [4.69, 9.17) is 19.4 Å². The average Bonchev–Trinajstić information content (AvgIpc) is 3.07. The topological polar surface area (TPSA) is 131 Å². The van der Waals surface area contributed by atoms with Crippen molar-refractivity contribution in [2.75, 3.05) is 43.7 Å². The van der Waals surface area contributed by atoms with Crippen LogP contribution in [0.5, 0.6) is 6.01 Å². The van der Waals surface area contributed by atoms with Crippen molar-refractivity contribution in [1.29, 1.82) is 0 Å². The smallest absolute Gasteiger partial charge is 0.316 e. The molecule has 1 N–H and O–H groups in total. The minimum absolute atomic E-state index is 0.0285. The first-order chi connectivity index (χ1) is 22.8. The van der Waals surface area contributed by atoms with E-state index in [-0.39, 0.29) is 23.4 Å². The van der Waals surface area contributed by atoms with Gasteiger partial charge in [0, 0.05) is 55.6 Å². The number of nitrogens with one attached hydrogen (secondary N) is 1. The van der Waals surface area contributed by atoms with Gasteiger partial charge < -0.3 is 9.47 Å². The summed E-state index contributed by atoms with van der Waals surface area (Å²) in [5, 5.41) is 2.14. The molecule has 1 aromatic carbocycles. The van der Waals surface area contributed by atoms with Gasteiger partial charge in [-0.05, 0) is 42.2 Å². The molecule has 0 unspecified atom stereocenters. The number of carbonyl (C=O) groups is 1. The largest absolute Gasteiger partial charge is 0.467 e. The number of hydrazine groups is 1. The highest BCUT2D eigenvalue weighted by Gasteiger charge is 2.31. The fourth-order valence-corrected chi connectivity index (χ4v) is 5.99. The number of amides is 1. The number of hydrogen-bond acceptors (Lipinski definition) is 11. The van der Waals surface area contributed by atoms with E-state index >= 15 is 0 Å². The number of carbonyl (C=O) groups excluding carboxylic acids is 1. The Morgan fingerprint density at radius 1 is 0.979 bits per heavy atom. The maximum atomic E-state index is 13.8. The molecule has 4 aromatic rings. The number of benzene rings is 1. The highest BCUT2D eigenvalue weighted by atomic mass is 16.5. The Bertz CT molecular complexity index is 1620. The van der Waals surface area contributed by atoms with Gasteiger partial charge in [-0.1, -0.05) is 51.1 Å². The third-order valence-corrected chi connectivity index (χ3v) is 8.68. The molecule has 0 atom stereocenters. The molecule has 5 heterocycles. The van der Waals surface area contributed by atoms with Crippen LogP contribution in [-0.4, -0.2) is 80.3 Å². The first-order valence-electron chi connectivity index (χ1n) is 16.3. The number of nitrogens with zero attached hydrogens (tertiary/aromatic N) is 8. The van der Waals surface area contributed by atoms with Crippen molar-refractivity contribution in [3.8, 4) is 17.3 Å². The zero-order chi connectivity index (χ0) is 32.8. The number of anilines is 2. The number of hydrogen-bond donors (Lipinski definition) is 1. The standard InChI is InChI=1S/C35H43N9O3/c1-35(2,3)28-19-38-33(41-29(28)16-25-22-47-23-25)42-43-14-12-27(13-15-43)44(32(45)11-10-24-8-6-5-7-9-24)31-21-36-30(20-37-31)26-17-39-34(46-4)40-18-26/h5-9,17-21,25,27H,10-16,22-23H2,1-4H3,(H,38,41,42). The maximum Gasteiger partial charge on any atom is 0.316 e. The molecule has 12 heteroatoms. The van der Waals surface area contributed by atoms with Crippen LogP contribution in [0.1, 0.15) is 56.9 Å². The van der Waals surface area contributed by atoms with Crippen LogP contribution in [0.25, 0.3) is 11.3 Å². The van der Waals surface area contributed by atoms with Crippen LogP contribution in [0.4, 0.5) is 11.8 Å². The molecule has 0 saturated carbocycles. The Balaban J connectivity index is 1.15. The van der Waals surface area contributed by atoms with Gasteiger partial charge in [-0.25, -0.2) is 29.9 Å². The van der Waals surface area contributed by atoms with Gasteiger partial charge in [0.2, 0.25) is 11.9 Å². The molecule has 1 amide bonds. The highest BCUT2D eigenvalue weighted by molar-refractivity contribution is 5.93. The van der Waals surface area contributed by atoms with E-state index in [0.717, 1.165) is 56.8 Å². The van der Waals surface area contributed by atoms with Crippen LogP contribution in [0.3, 0.4) is 0 Å². The summed E-state index contributed by atoms with van der Waals surface area (Å²) in [6, 6.07) is 10.3. The summed E-state index contributed by atoms with van der Waals surface area (Å²) in [4.78, 5) is 43.0. The maximum absolute atomic E-state index is 13.8. The second-order valence-corrected chi connectivity index (χ2v) is 13.2. The monoisotopic (exact) mass is 637 g/mol. The second-order valence-electron chi connectivity index (χ2n) is 13.2. The van der Waals surface area contributed by atoms with Crippen LogP contribution in [0.15, 0.2) is 61.3 Å². The molecule has 0 radical (unpaired) electrons. The second kappa shape index (κ2) is 14.5. The zero-order valence-corrected chi connectivity index (χ0v) is 27.6. The predicted molar refractivity (Wildman–Crippen MR) is 179 cm³/mol. The Hall–Kier alpha value is -4.55. The van der Waals surface area contributed by atoms with Crippen molar-refractivity contribution >= 4 is 17.7 Å². The Morgan fingerprint density at radius 3 is 2.34 bits per heavy atom. The number of piperidine rings is 1. The van der Waals surface area contributed by atoms with Gasteiger partial charge >= 0.3 is 6.01 Å². The van der Waals surface area contributed by atoms with E-state index in [1.807, 2.05) is 29.3 Å². The van der Waals surface area contributed by atoms with E-state index in [1.165, 1.54) is 12.7 Å². The lowest BCUT2D eigenvalue weighted by atomic mass is 9.84. The van der Waals surface area contributed by atoms with E-state index in [0.29, 0.717) is 41.8 Å². The van der Waals surface area contributed by atoms with Crippen LogP contribution >= 0.6 is 0 Å². The van der Waals surface area contributed by atoms with Gasteiger partial charge in [-0.15, -0.1) is 0 Å². The highest BCUT2D eigenvalue weighted by Crippen LogP contribution is 2.29.